The number of benzene rings is 1. The maximum atomic E-state index is 14.0. The number of ether oxygens (including phenoxy) is 3. The Morgan fingerprint density at radius 3 is 2.27 bits per heavy atom. The monoisotopic (exact) mass is 688 g/mol. The Hall–Kier alpha value is -3.02. The summed E-state index contributed by atoms with van der Waals surface area (Å²) in [6, 6.07) is 8.23. The summed E-state index contributed by atoms with van der Waals surface area (Å²) >= 11 is 0. The number of amides is 4. The molecule has 0 radical (unpaired) electrons. The van der Waals surface area contributed by atoms with E-state index in [-0.39, 0.29) is 54.0 Å². The zero-order valence-corrected chi connectivity index (χ0v) is 31.5. The number of hydrogen-bond donors (Lipinski definition) is 2. The number of hydrogen-bond acceptors (Lipinski definition) is 7. The minimum absolute atomic E-state index is 0.0397. The van der Waals surface area contributed by atoms with E-state index >= 15 is 0 Å². The summed E-state index contributed by atoms with van der Waals surface area (Å²) in [6.07, 6.45) is 2.79. The highest BCUT2D eigenvalue weighted by molar-refractivity contribution is 5.89. The van der Waals surface area contributed by atoms with Gasteiger partial charge >= 0.3 is 0 Å². The molecule has 1 saturated heterocycles. The second-order valence-corrected chi connectivity index (χ2v) is 13.8. The summed E-state index contributed by atoms with van der Waals surface area (Å²) in [5.74, 6) is -0.917. The molecule has 7 atom stereocenters. The zero-order chi connectivity index (χ0) is 36.5. The highest BCUT2D eigenvalue weighted by Crippen LogP contribution is 2.29. The molecule has 7 unspecified atom stereocenters. The summed E-state index contributed by atoms with van der Waals surface area (Å²) in [5, 5.41) is 5.93. The molecule has 11 nitrogen and oxygen atoms in total. The number of carbonyl (C=O) groups excluding carboxylic acids is 4. The van der Waals surface area contributed by atoms with Gasteiger partial charge in [0, 0.05) is 60.4 Å². The van der Waals surface area contributed by atoms with E-state index < -0.39 is 24.2 Å². The van der Waals surface area contributed by atoms with E-state index in [1.54, 1.807) is 26.0 Å². The van der Waals surface area contributed by atoms with Crippen molar-refractivity contribution in [3.05, 3.63) is 35.9 Å². The molecule has 1 aliphatic heterocycles. The lowest BCUT2D eigenvalue weighted by atomic mass is 9.90. The molecule has 0 saturated carbocycles. The van der Waals surface area contributed by atoms with E-state index in [0.29, 0.717) is 52.0 Å². The molecule has 1 aliphatic rings. The number of nitrogens with zero attached hydrogens (tertiary/aromatic N) is 2. The molecular weight excluding hydrogens is 624 g/mol. The molecule has 11 heteroatoms. The smallest absolute Gasteiger partial charge is 0.242 e. The minimum atomic E-state index is -0.779. The van der Waals surface area contributed by atoms with Gasteiger partial charge < -0.3 is 34.6 Å². The van der Waals surface area contributed by atoms with E-state index in [1.807, 2.05) is 63.1 Å². The molecule has 0 aromatic heterocycles. The lowest BCUT2D eigenvalue weighted by Gasteiger charge is -2.39. The van der Waals surface area contributed by atoms with Crippen molar-refractivity contribution < 1.29 is 33.4 Å². The van der Waals surface area contributed by atoms with Crippen LogP contribution in [0.5, 0.6) is 0 Å². The van der Waals surface area contributed by atoms with Crippen molar-refractivity contribution in [2.24, 2.45) is 17.8 Å². The largest absolute Gasteiger partial charge is 0.382 e. The van der Waals surface area contributed by atoms with E-state index in [1.165, 1.54) is 0 Å². The molecule has 0 spiro atoms. The van der Waals surface area contributed by atoms with Crippen LogP contribution in [0.15, 0.2) is 30.3 Å². The maximum absolute atomic E-state index is 14.0. The van der Waals surface area contributed by atoms with Crippen LogP contribution in [-0.2, 0) is 39.8 Å². The standard InChI is InChI=1S/C38H64N4O7/c1-10-27(5)35(41(7)33(43)23-26(3)4)32(47-8)25-34(44)42-21-15-19-31(42)36(48-9)28(6)37(45)40-30(24-29-17-13-12-14-18-29)38(46)39-20-16-22-49-11-2/h12-14,17-18,26-28,30-32,35-36H,10-11,15-16,19-25H2,1-9H3,(H,39,46)(H,40,45). The fourth-order valence-corrected chi connectivity index (χ4v) is 6.83. The average Bonchev–Trinajstić information content (AvgIpc) is 3.57. The van der Waals surface area contributed by atoms with Crippen LogP contribution >= 0.6 is 0 Å². The average molecular weight is 689 g/mol. The summed E-state index contributed by atoms with van der Waals surface area (Å²) in [4.78, 5) is 57.7. The number of nitrogens with one attached hydrogen (secondary N) is 2. The van der Waals surface area contributed by atoms with E-state index in [9.17, 15) is 19.2 Å². The van der Waals surface area contributed by atoms with Gasteiger partial charge in [-0.3, -0.25) is 19.2 Å². The van der Waals surface area contributed by atoms with Crippen molar-refractivity contribution in [1.29, 1.82) is 0 Å². The Morgan fingerprint density at radius 2 is 1.67 bits per heavy atom. The van der Waals surface area contributed by atoms with Crippen molar-refractivity contribution in [2.45, 2.75) is 117 Å². The Kier molecular flexibility index (Phi) is 18.9. The van der Waals surface area contributed by atoms with Crippen molar-refractivity contribution in [3.8, 4) is 0 Å². The predicted octanol–water partition coefficient (Wildman–Crippen LogP) is 4.22. The quantitative estimate of drug-likeness (QED) is 0.175. The zero-order valence-electron chi connectivity index (χ0n) is 31.5. The van der Waals surface area contributed by atoms with Crippen LogP contribution in [0.25, 0.3) is 0 Å². The van der Waals surface area contributed by atoms with Crippen LogP contribution in [0.2, 0.25) is 0 Å². The van der Waals surface area contributed by atoms with Crippen LogP contribution in [0.3, 0.4) is 0 Å². The minimum Gasteiger partial charge on any atom is -0.382 e. The van der Waals surface area contributed by atoms with Crippen LogP contribution in [-0.4, -0.2) is 111 Å². The van der Waals surface area contributed by atoms with Gasteiger partial charge in [-0.15, -0.1) is 0 Å². The third kappa shape index (κ3) is 13.0. The molecule has 0 aliphatic carbocycles. The summed E-state index contributed by atoms with van der Waals surface area (Å²) in [5.41, 5.74) is 0.931. The van der Waals surface area contributed by atoms with Gasteiger partial charge in [-0.1, -0.05) is 71.4 Å². The van der Waals surface area contributed by atoms with Gasteiger partial charge in [0.2, 0.25) is 23.6 Å². The van der Waals surface area contributed by atoms with Gasteiger partial charge in [-0.25, -0.2) is 0 Å². The number of carbonyl (C=O) groups is 4. The normalized spacial score (nSPS) is 18.3. The second kappa shape index (κ2) is 21.9. The third-order valence-corrected chi connectivity index (χ3v) is 9.77. The second-order valence-electron chi connectivity index (χ2n) is 13.8. The number of likely N-dealkylation sites (tertiary alicyclic amines) is 1. The SMILES string of the molecule is CCOCCCNC(=O)C(Cc1ccccc1)NC(=O)C(C)C(OC)C1CCCN1C(=O)CC(OC)C(C(C)CC)N(C)C(=O)CC(C)C. The fourth-order valence-electron chi connectivity index (χ4n) is 6.83. The number of methoxy groups -OCH3 is 2. The van der Waals surface area contributed by atoms with E-state index in [4.69, 9.17) is 14.2 Å². The van der Waals surface area contributed by atoms with Gasteiger partial charge in [0.05, 0.1) is 36.6 Å². The molecule has 4 amide bonds. The first-order chi connectivity index (χ1) is 23.4. The summed E-state index contributed by atoms with van der Waals surface area (Å²) in [6.45, 7) is 14.1. The highest BCUT2D eigenvalue weighted by atomic mass is 16.5. The first-order valence-electron chi connectivity index (χ1n) is 18.2. The molecule has 2 N–H and O–H groups in total. The Morgan fingerprint density at radius 1 is 0.980 bits per heavy atom. The third-order valence-electron chi connectivity index (χ3n) is 9.77. The van der Waals surface area contributed by atoms with Crippen LogP contribution < -0.4 is 10.6 Å². The van der Waals surface area contributed by atoms with Crippen molar-refractivity contribution in [2.75, 3.05) is 47.6 Å². The Labute approximate surface area is 295 Å². The van der Waals surface area contributed by atoms with E-state index in [0.717, 1.165) is 18.4 Å². The van der Waals surface area contributed by atoms with Gasteiger partial charge in [0.15, 0.2) is 0 Å². The molecule has 278 valence electrons. The topological polar surface area (TPSA) is 127 Å². The van der Waals surface area contributed by atoms with Crippen LogP contribution in [0, 0.1) is 17.8 Å². The van der Waals surface area contributed by atoms with E-state index in [2.05, 4.69) is 24.5 Å². The fraction of sp³-hybridized carbons (Fsp3) is 0.737. The van der Waals surface area contributed by atoms with Crippen molar-refractivity contribution in [1.82, 2.24) is 20.4 Å². The molecular formula is C38H64N4O7. The molecule has 1 fully saturated rings. The Bertz CT molecular complexity index is 1150. The number of rotatable bonds is 22. The van der Waals surface area contributed by atoms with Gasteiger partial charge in [0.25, 0.3) is 0 Å². The molecule has 2 rings (SSSR count). The van der Waals surface area contributed by atoms with Crippen molar-refractivity contribution in [3.63, 3.8) is 0 Å². The summed E-state index contributed by atoms with van der Waals surface area (Å²) < 4.78 is 17.3. The lowest BCUT2D eigenvalue weighted by Crippen LogP contribution is -2.55. The predicted molar refractivity (Wildman–Crippen MR) is 192 cm³/mol. The van der Waals surface area contributed by atoms with Gasteiger partial charge in [0.1, 0.15) is 6.04 Å². The van der Waals surface area contributed by atoms with Gasteiger partial charge in [-0.05, 0) is 43.6 Å². The molecule has 0 bridgehead atoms. The molecule has 1 aromatic rings. The number of likely N-dealkylation sites (N-methyl/N-ethyl adjacent to an activating group) is 1. The highest BCUT2D eigenvalue weighted by Gasteiger charge is 2.42. The van der Waals surface area contributed by atoms with Gasteiger partial charge in [-0.2, -0.15) is 0 Å². The molecule has 1 heterocycles. The van der Waals surface area contributed by atoms with Crippen molar-refractivity contribution >= 4 is 23.6 Å². The summed E-state index contributed by atoms with van der Waals surface area (Å²) in [7, 11) is 4.97. The first kappa shape index (κ1) is 42.1. The first-order valence-corrected chi connectivity index (χ1v) is 18.2. The molecule has 1 aromatic carbocycles. The lowest BCUT2D eigenvalue weighted by molar-refractivity contribution is -0.146. The van der Waals surface area contributed by atoms with Crippen LogP contribution in [0.4, 0.5) is 0 Å². The Balaban J connectivity index is 2.19. The van der Waals surface area contributed by atoms with Crippen LogP contribution in [0.1, 0.15) is 85.6 Å². The maximum Gasteiger partial charge on any atom is 0.242 e. The molecule has 49 heavy (non-hydrogen) atoms.